The van der Waals surface area contributed by atoms with Gasteiger partial charge in [-0.3, -0.25) is 4.79 Å². The Morgan fingerprint density at radius 2 is 1.80 bits per heavy atom. The lowest BCUT2D eigenvalue weighted by molar-refractivity contribution is -0.121. The van der Waals surface area contributed by atoms with Crippen molar-refractivity contribution in [2.45, 2.75) is 64.8 Å². The summed E-state index contributed by atoms with van der Waals surface area (Å²) >= 11 is 0. The predicted octanol–water partition coefficient (Wildman–Crippen LogP) is 2.20. The van der Waals surface area contributed by atoms with Crippen LogP contribution in [0.1, 0.15) is 58.8 Å². The minimum absolute atomic E-state index is 0.0328. The predicted molar refractivity (Wildman–Crippen MR) is 64.7 cm³/mol. The molecule has 0 radical (unpaired) electrons. The van der Waals surface area contributed by atoms with Gasteiger partial charge >= 0.3 is 0 Å². The molecule has 0 fully saturated rings. The van der Waals surface area contributed by atoms with E-state index in [1.165, 1.54) is 32.1 Å². The normalized spacial score (nSPS) is 12.5. The lowest BCUT2D eigenvalue weighted by atomic mass is 10.1. The van der Waals surface area contributed by atoms with Crippen LogP contribution in [0.25, 0.3) is 0 Å². The molecular formula is C12H26N2O. The first-order valence-electron chi connectivity index (χ1n) is 6.19. The molecule has 0 aliphatic heterocycles. The Hall–Kier alpha value is -0.570. The van der Waals surface area contributed by atoms with Crippen LogP contribution in [-0.2, 0) is 4.79 Å². The maximum Gasteiger partial charge on any atom is 0.221 e. The molecule has 0 saturated heterocycles. The van der Waals surface area contributed by atoms with Crippen LogP contribution in [-0.4, -0.2) is 18.5 Å². The van der Waals surface area contributed by atoms with Crippen molar-refractivity contribution in [3.63, 3.8) is 0 Å². The second-order valence-electron chi connectivity index (χ2n) is 4.30. The molecule has 0 aromatic carbocycles. The minimum Gasteiger partial charge on any atom is -0.356 e. The van der Waals surface area contributed by atoms with Crippen molar-refractivity contribution in [3.05, 3.63) is 0 Å². The first kappa shape index (κ1) is 14.4. The summed E-state index contributed by atoms with van der Waals surface area (Å²) in [4.78, 5) is 11.2. The molecule has 0 rings (SSSR count). The highest BCUT2D eigenvalue weighted by atomic mass is 16.1. The van der Waals surface area contributed by atoms with Gasteiger partial charge in [-0.1, -0.05) is 39.0 Å². The fraction of sp³-hybridized carbons (Fsp3) is 0.917. The third-order valence-corrected chi connectivity index (χ3v) is 2.36. The average molecular weight is 214 g/mol. The van der Waals surface area contributed by atoms with E-state index in [0.29, 0.717) is 6.42 Å². The van der Waals surface area contributed by atoms with E-state index >= 15 is 0 Å². The number of unbranched alkanes of at least 4 members (excludes halogenated alkanes) is 5. The van der Waals surface area contributed by atoms with Gasteiger partial charge in [-0.15, -0.1) is 0 Å². The third kappa shape index (κ3) is 11.4. The van der Waals surface area contributed by atoms with Gasteiger partial charge in [-0.25, -0.2) is 0 Å². The van der Waals surface area contributed by atoms with Crippen LogP contribution in [0.2, 0.25) is 0 Å². The number of carbonyl (C=O) groups excluding carboxylic acids is 1. The van der Waals surface area contributed by atoms with Crippen molar-refractivity contribution >= 4 is 5.91 Å². The van der Waals surface area contributed by atoms with Crippen LogP contribution in [0, 0.1) is 0 Å². The monoisotopic (exact) mass is 214 g/mol. The number of rotatable bonds is 9. The van der Waals surface area contributed by atoms with Crippen LogP contribution in [0.5, 0.6) is 0 Å². The zero-order chi connectivity index (χ0) is 11.5. The summed E-state index contributed by atoms with van der Waals surface area (Å²) in [5.41, 5.74) is 5.52. The molecule has 0 heterocycles. The van der Waals surface area contributed by atoms with Crippen LogP contribution in [0.4, 0.5) is 0 Å². The molecule has 0 aliphatic rings. The Morgan fingerprint density at radius 1 is 1.20 bits per heavy atom. The van der Waals surface area contributed by atoms with Crippen molar-refractivity contribution < 1.29 is 4.79 Å². The summed E-state index contributed by atoms with van der Waals surface area (Å²) in [6.07, 6.45) is 7.98. The zero-order valence-corrected chi connectivity index (χ0v) is 10.2. The second-order valence-corrected chi connectivity index (χ2v) is 4.30. The average Bonchev–Trinajstić information content (AvgIpc) is 2.15. The number of nitrogens with one attached hydrogen (secondary N) is 1. The molecule has 0 saturated carbocycles. The Morgan fingerprint density at radius 3 is 2.40 bits per heavy atom. The minimum atomic E-state index is -0.0328. The van der Waals surface area contributed by atoms with E-state index in [0.717, 1.165) is 13.0 Å². The molecule has 1 unspecified atom stereocenters. The van der Waals surface area contributed by atoms with Gasteiger partial charge in [0.25, 0.3) is 0 Å². The summed E-state index contributed by atoms with van der Waals surface area (Å²) in [7, 11) is 0. The Balaban J connectivity index is 3.13. The molecule has 3 nitrogen and oxygen atoms in total. The number of hydrogen-bond donors (Lipinski definition) is 2. The molecule has 0 aliphatic carbocycles. The van der Waals surface area contributed by atoms with Gasteiger partial charge in [0.05, 0.1) is 0 Å². The maximum absolute atomic E-state index is 11.2. The van der Waals surface area contributed by atoms with Gasteiger partial charge in [0.2, 0.25) is 5.91 Å². The molecule has 3 N–H and O–H groups in total. The molecule has 0 aromatic heterocycles. The Bertz CT molecular complexity index is 158. The molecule has 1 atom stereocenters. The summed E-state index contributed by atoms with van der Waals surface area (Å²) in [6, 6.07) is -0.0328. The number of nitrogens with two attached hydrogens (primary N) is 1. The lowest BCUT2D eigenvalue weighted by Crippen LogP contribution is -2.30. The first-order chi connectivity index (χ1) is 7.16. The van der Waals surface area contributed by atoms with Crippen molar-refractivity contribution in [1.29, 1.82) is 0 Å². The quantitative estimate of drug-likeness (QED) is 0.578. The van der Waals surface area contributed by atoms with Crippen LogP contribution >= 0.6 is 0 Å². The molecule has 15 heavy (non-hydrogen) atoms. The van der Waals surface area contributed by atoms with E-state index in [1.807, 2.05) is 6.92 Å². The van der Waals surface area contributed by atoms with E-state index in [4.69, 9.17) is 5.73 Å². The summed E-state index contributed by atoms with van der Waals surface area (Å²) < 4.78 is 0. The van der Waals surface area contributed by atoms with Gasteiger partial charge in [0.15, 0.2) is 0 Å². The lowest BCUT2D eigenvalue weighted by Gasteiger charge is -2.06. The maximum atomic E-state index is 11.2. The topological polar surface area (TPSA) is 55.1 Å². The largest absolute Gasteiger partial charge is 0.356 e. The third-order valence-electron chi connectivity index (χ3n) is 2.36. The highest BCUT2D eigenvalue weighted by Crippen LogP contribution is 2.04. The molecule has 0 spiro atoms. The SMILES string of the molecule is CCCCCCCCNC(=O)CC(C)N. The number of amides is 1. The highest BCUT2D eigenvalue weighted by Gasteiger charge is 2.02. The van der Waals surface area contributed by atoms with E-state index in [9.17, 15) is 4.79 Å². The Kier molecular flexibility index (Phi) is 9.59. The molecule has 0 aromatic rings. The zero-order valence-electron chi connectivity index (χ0n) is 10.2. The fourth-order valence-electron chi connectivity index (χ4n) is 1.50. The van der Waals surface area contributed by atoms with Crippen LogP contribution in [0.15, 0.2) is 0 Å². The van der Waals surface area contributed by atoms with Gasteiger partial charge in [-0.2, -0.15) is 0 Å². The summed E-state index contributed by atoms with van der Waals surface area (Å²) in [5, 5.41) is 2.89. The van der Waals surface area contributed by atoms with E-state index in [2.05, 4.69) is 12.2 Å². The Labute approximate surface area is 93.8 Å². The van der Waals surface area contributed by atoms with Crippen molar-refractivity contribution in [1.82, 2.24) is 5.32 Å². The first-order valence-corrected chi connectivity index (χ1v) is 6.19. The number of carbonyl (C=O) groups is 1. The molecule has 0 bridgehead atoms. The van der Waals surface area contributed by atoms with Crippen molar-refractivity contribution in [2.24, 2.45) is 5.73 Å². The summed E-state index contributed by atoms with van der Waals surface area (Å²) in [6.45, 7) is 4.87. The summed E-state index contributed by atoms with van der Waals surface area (Å²) in [5.74, 6) is 0.0820. The standard InChI is InChI=1S/C12H26N2O/c1-3-4-5-6-7-8-9-14-12(15)10-11(2)13/h11H,3-10,13H2,1-2H3,(H,14,15). The van der Waals surface area contributed by atoms with Gasteiger partial charge in [0.1, 0.15) is 0 Å². The van der Waals surface area contributed by atoms with E-state index < -0.39 is 0 Å². The smallest absolute Gasteiger partial charge is 0.221 e. The van der Waals surface area contributed by atoms with E-state index in [1.54, 1.807) is 0 Å². The van der Waals surface area contributed by atoms with Crippen molar-refractivity contribution in [3.8, 4) is 0 Å². The van der Waals surface area contributed by atoms with Gasteiger partial charge < -0.3 is 11.1 Å². The van der Waals surface area contributed by atoms with Gasteiger partial charge in [-0.05, 0) is 13.3 Å². The number of hydrogen-bond acceptors (Lipinski definition) is 2. The molecule has 1 amide bonds. The van der Waals surface area contributed by atoms with Crippen molar-refractivity contribution in [2.75, 3.05) is 6.54 Å². The van der Waals surface area contributed by atoms with Crippen LogP contribution in [0.3, 0.4) is 0 Å². The molecule has 90 valence electrons. The highest BCUT2D eigenvalue weighted by molar-refractivity contribution is 5.76. The second kappa shape index (κ2) is 9.97. The van der Waals surface area contributed by atoms with E-state index in [-0.39, 0.29) is 11.9 Å². The molecule has 3 heteroatoms. The molecular weight excluding hydrogens is 188 g/mol. The van der Waals surface area contributed by atoms with Crippen LogP contribution < -0.4 is 11.1 Å². The fourth-order valence-corrected chi connectivity index (χ4v) is 1.50. The van der Waals surface area contributed by atoms with Gasteiger partial charge in [0, 0.05) is 19.0 Å².